The average Bonchev–Trinajstić information content (AvgIpc) is 2.87. The third-order valence-corrected chi connectivity index (χ3v) is 6.29. The number of aliphatic hydroxyl groups is 2. The van der Waals surface area contributed by atoms with Gasteiger partial charge in [-0.15, -0.1) is 0 Å². The summed E-state index contributed by atoms with van der Waals surface area (Å²) in [7, 11) is 1.37. The molecule has 0 aromatic heterocycles. The normalized spacial score (nSPS) is 36.8. The van der Waals surface area contributed by atoms with Gasteiger partial charge < -0.3 is 14.9 Å². The number of allylic oxidation sites excluding steroid dienone is 2. The van der Waals surface area contributed by atoms with Gasteiger partial charge in [0.2, 0.25) is 0 Å². The van der Waals surface area contributed by atoms with E-state index in [1.807, 2.05) is 13.8 Å². The number of ether oxygens (including phenoxy) is 1. The molecule has 4 atom stereocenters. The highest BCUT2D eigenvalue weighted by molar-refractivity contribution is 5.73. The third kappa shape index (κ3) is 4.53. The van der Waals surface area contributed by atoms with Crippen molar-refractivity contribution in [1.82, 2.24) is 0 Å². The van der Waals surface area contributed by atoms with Crippen molar-refractivity contribution in [2.75, 3.05) is 7.11 Å². The Morgan fingerprint density at radius 1 is 1.32 bits per heavy atom. The third-order valence-electron chi connectivity index (χ3n) is 6.29. The summed E-state index contributed by atoms with van der Waals surface area (Å²) < 4.78 is 4.92. The molecule has 0 aromatic carbocycles. The average molecular weight is 350 g/mol. The maximum atomic E-state index is 12.2. The van der Waals surface area contributed by atoms with Crippen molar-refractivity contribution < 1.29 is 19.7 Å². The highest BCUT2D eigenvalue weighted by Gasteiger charge is 2.45. The van der Waals surface area contributed by atoms with Gasteiger partial charge >= 0.3 is 5.97 Å². The van der Waals surface area contributed by atoms with Crippen molar-refractivity contribution >= 4 is 5.97 Å². The summed E-state index contributed by atoms with van der Waals surface area (Å²) in [6.45, 7) is 10.1. The fourth-order valence-corrected chi connectivity index (χ4v) is 4.52. The van der Waals surface area contributed by atoms with Gasteiger partial charge in [0.25, 0.3) is 0 Å². The molecule has 2 aliphatic rings. The molecule has 0 saturated heterocycles. The maximum absolute atomic E-state index is 12.2. The molecule has 0 heterocycles. The number of rotatable bonds is 2. The predicted molar refractivity (Wildman–Crippen MR) is 98.9 cm³/mol. The SMILES string of the molecule is C=C1CCC(O)C(C(=O)OC)C/C=C2/[C@H](C(C)(C)O)CC[C@@]2(C)CC1. The number of carbonyl (C=O) groups excluding carboxylic acids is 1. The lowest BCUT2D eigenvalue weighted by atomic mass is 9.74. The first-order chi connectivity index (χ1) is 11.6. The number of methoxy groups -OCH3 is 1. The van der Waals surface area contributed by atoms with Crippen LogP contribution in [-0.4, -0.2) is 35.0 Å². The van der Waals surface area contributed by atoms with E-state index in [1.54, 1.807) is 0 Å². The maximum Gasteiger partial charge on any atom is 0.311 e. The molecule has 4 heteroatoms. The summed E-state index contributed by atoms with van der Waals surface area (Å²) in [5.74, 6) is -0.841. The van der Waals surface area contributed by atoms with Crippen molar-refractivity contribution in [3.05, 3.63) is 23.8 Å². The lowest BCUT2D eigenvalue weighted by Gasteiger charge is -2.33. The van der Waals surface area contributed by atoms with E-state index in [9.17, 15) is 15.0 Å². The molecule has 0 spiro atoms. The van der Waals surface area contributed by atoms with Crippen LogP contribution in [0, 0.1) is 17.3 Å². The number of esters is 1. The van der Waals surface area contributed by atoms with Crippen molar-refractivity contribution in [3.63, 3.8) is 0 Å². The van der Waals surface area contributed by atoms with Crippen LogP contribution in [0.15, 0.2) is 23.8 Å². The number of fused-ring (bicyclic) bond motifs is 1. The Morgan fingerprint density at radius 3 is 2.60 bits per heavy atom. The van der Waals surface area contributed by atoms with E-state index in [0.717, 1.165) is 37.7 Å². The highest BCUT2D eigenvalue weighted by Crippen LogP contribution is 2.53. The van der Waals surface area contributed by atoms with Crippen LogP contribution in [0.4, 0.5) is 0 Å². The van der Waals surface area contributed by atoms with E-state index < -0.39 is 17.6 Å². The van der Waals surface area contributed by atoms with Crippen molar-refractivity contribution in [3.8, 4) is 0 Å². The van der Waals surface area contributed by atoms with Crippen LogP contribution in [0.2, 0.25) is 0 Å². The van der Waals surface area contributed by atoms with Crippen LogP contribution in [-0.2, 0) is 9.53 Å². The zero-order valence-electron chi connectivity index (χ0n) is 16.2. The van der Waals surface area contributed by atoms with Gasteiger partial charge in [-0.2, -0.15) is 0 Å². The van der Waals surface area contributed by atoms with E-state index >= 15 is 0 Å². The summed E-state index contributed by atoms with van der Waals surface area (Å²) in [5.41, 5.74) is 1.58. The van der Waals surface area contributed by atoms with Crippen LogP contribution in [0.1, 0.15) is 65.7 Å². The van der Waals surface area contributed by atoms with E-state index in [-0.39, 0.29) is 17.3 Å². The van der Waals surface area contributed by atoms with Crippen LogP contribution < -0.4 is 0 Å². The standard InChI is InChI=1S/C21H34O4/c1-14-6-9-18(22)15(19(23)25-5)7-8-17-16(20(2,3)24)11-13-21(17,4)12-10-14/h8,15-16,18,22,24H,1,6-7,9-13H2,2-5H3/b17-8-/t15?,16-,18?,21-/m1/s1. The van der Waals surface area contributed by atoms with Gasteiger partial charge in [-0.25, -0.2) is 0 Å². The summed E-state index contributed by atoms with van der Waals surface area (Å²) in [5, 5.41) is 21.2. The molecule has 25 heavy (non-hydrogen) atoms. The van der Waals surface area contributed by atoms with Crippen molar-refractivity contribution in [1.29, 1.82) is 0 Å². The smallest absolute Gasteiger partial charge is 0.311 e. The Kier molecular flexibility index (Phi) is 6.16. The van der Waals surface area contributed by atoms with Gasteiger partial charge in [-0.1, -0.05) is 30.7 Å². The molecule has 2 unspecified atom stereocenters. The van der Waals surface area contributed by atoms with Crippen LogP contribution in [0.3, 0.4) is 0 Å². The molecule has 0 bridgehead atoms. The Labute approximate surface area is 152 Å². The number of hydrogen-bond donors (Lipinski definition) is 2. The molecule has 1 fully saturated rings. The molecule has 4 nitrogen and oxygen atoms in total. The quantitative estimate of drug-likeness (QED) is 0.588. The molecular weight excluding hydrogens is 316 g/mol. The number of hydrogen-bond acceptors (Lipinski definition) is 4. The molecule has 2 N–H and O–H groups in total. The Bertz CT molecular complexity index is 543. The van der Waals surface area contributed by atoms with E-state index in [2.05, 4.69) is 19.6 Å². The van der Waals surface area contributed by atoms with E-state index in [0.29, 0.717) is 12.8 Å². The van der Waals surface area contributed by atoms with Gasteiger partial charge in [0, 0.05) is 5.92 Å². The second-order valence-electron chi connectivity index (χ2n) is 8.69. The molecule has 0 aliphatic heterocycles. The first-order valence-corrected chi connectivity index (χ1v) is 9.44. The second-order valence-corrected chi connectivity index (χ2v) is 8.69. The summed E-state index contributed by atoms with van der Waals surface area (Å²) in [6.07, 6.45) is 7.00. The Balaban J connectivity index is 2.40. The Hall–Kier alpha value is -1.13. The second kappa shape index (κ2) is 7.63. The van der Waals surface area contributed by atoms with Gasteiger partial charge in [0.1, 0.15) is 0 Å². The Morgan fingerprint density at radius 2 is 2.00 bits per heavy atom. The largest absolute Gasteiger partial charge is 0.469 e. The monoisotopic (exact) mass is 350 g/mol. The lowest BCUT2D eigenvalue weighted by Crippen LogP contribution is -2.32. The van der Waals surface area contributed by atoms with Gasteiger partial charge in [0.05, 0.1) is 24.7 Å². The summed E-state index contributed by atoms with van der Waals surface area (Å²) >= 11 is 0. The first kappa shape index (κ1) is 20.2. The number of carbonyl (C=O) groups is 1. The van der Waals surface area contributed by atoms with Crippen molar-refractivity contribution in [2.24, 2.45) is 17.3 Å². The van der Waals surface area contributed by atoms with E-state index in [4.69, 9.17) is 4.74 Å². The minimum absolute atomic E-state index is 0.0174. The van der Waals surface area contributed by atoms with E-state index in [1.165, 1.54) is 12.7 Å². The van der Waals surface area contributed by atoms with Gasteiger partial charge in [-0.05, 0) is 64.2 Å². The highest BCUT2D eigenvalue weighted by atomic mass is 16.5. The molecule has 0 aromatic rings. The fraction of sp³-hybridized carbons (Fsp3) is 0.762. The van der Waals surface area contributed by atoms with Gasteiger partial charge in [0.15, 0.2) is 0 Å². The zero-order chi connectivity index (χ0) is 18.8. The molecule has 2 rings (SSSR count). The zero-order valence-corrected chi connectivity index (χ0v) is 16.2. The number of aliphatic hydroxyl groups excluding tert-OH is 1. The fourth-order valence-electron chi connectivity index (χ4n) is 4.52. The molecule has 0 radical (unpaired) electrons. The molecule has 2 aliphatic carbocycles. The molecule has 142 valence electrons. The van der Waals surface area contributed by atoms with Crippen LogP contribution in [0.25, 0.3) is 0 Å². The minimum Gasteiger partial charge on any atom is -0.469 e. The topological polar surface area (TPSA) is 66.8 Å². The minimum atomic E-state index is -0.792. The van der Waals surface area contributed by atoms with Crippen molar-refractivity contribution in [2.45, 2.75) is 77.4 Å². The van der Waals surface area contributed by atoms with Crippen LogP contribution in [0.5, 0.6) is 0 Å². The molecule has 0 amide bonds. The summed E-state index contributed by atoms with van der Waals surface area (Å²) in [4.78, 5) is 12.2. The lowest BCUT2D eigenvalue weighted by molar-refractivity contribution is -0.149. The predicted octanol–water partition coefficient (Wildman–Crippen LogP) is 3.77. The van der Waals surface area contributed by atoms with Gasteiger partial charge in [-0.3, -0.25) is 4.79 Å². The first-order valence-electron chi connectivity index (χ1n) is 9.44. The van der Waals surface area contributed by atoms with Crippen LogP contribution >= 0.6 is 0 Å². The molecule has 1 saturated carbocycles. The summed E-state index contributed by atoms with van der Waals surface area (Å²) in [6, 6.07) is 0. The molecular formula is C21H34O4.